The number of aliphatic imine (C=N–C) groups is 1. The Hall–Kier alpha value is -2.37. The van der Waals surface area contributed by atoms with E-state index in [0.29, 0.717) is 19.1 Å². The molecular formula is C23H34N4O. The van der Waals surface area contributed by atoms with Gasteiger partial charge >= 0.3 is 0 Å². The van der Waals surface area contributed by atoms with Crippen LogP contribution in [-0.2, 0) is 6.42 Å². The number of benzene rings is 2. The first kappa shape index (κ1) is 21.9. The average molecular weight is 383 g/mol. The molecule has 0 saturated heterocycles. The van der Waals surface area contributed by atoms with E-state index < -0.39 is 0 Å². The normalized spacial score (nSPS) is 14.0. The first-order chi connectivity index (χ1) is 13.6. The minimum Gasteiger partial charge on any atom is -0.396 e. The molecule has 2 rings (SSSR count). The van der Waals surface area contributed by atoms with E-state index in [2.05, 4.69) is 73.0 Å². The van der Waals surface area contributed by atoms with E-state index in [4.69, 9.17) is 4.99 Å². The first-order valence-electron chi connectivity index (χ1n) is 10.0. The number of nitrogens with one attached hydrogen (secondary N) is 2. The third-order valence-electron chi connectivity index (χ3n) is 4.86. The molecule has 152 valence electrons. The molecule has 0 fully saturated rings. The number of nitrogens with zero attached hydrogens (tertiary/aromatic N) is 2. The Kier molecular flexibility index (Phi) is 9.52. The lowest BCUT2D eigenvalue weighted by molar-refractivity contribution is 0.265. The third kappa shape index (κ3) is 7.33. The molecule has 0 saturated carbocycles. The van der Waals surface area contributed by atoms with E-state index in [1.807, 2.05) is 24.3 Å². The summed E-state index contributed by atoms with van der Waals surface area (Å²) in [5, 5.41) is 16.5. The Morgan fingerprint density at radius 2 is 1.64 bits per heavy atom. The Morgan fingerprint density at radius 1 is 1.00 bits per heavy atom. The van der Waals surface area contributed by atoms with Crippen molar-refractivity contribution in [1.82, 2.24) is 15.5 Å². The maximum Gasteiger partial charge on any atom is 0.191 e. The van der Waals surface area contributed by atoms with Gasteiger partial charge in [0.15, 0.2) is 5.96 Å². The lowest BCUT2D eigenvalue weighted by Gasteiger charge is -2.24. The lowest BCUT2D eigenvalue weighted by Crippen LogP contribution is -2.41. The lowest BCUT2D eigenvalue weighted by atomic mass is 10.0. The van der Waals surface area contributed by atoms with Gasteiger partial charge in [-0.15, -0.1) is 0 Å². The number of hydrogen-bond acceptors (Lipinski definition) is 3. The SMILES string of the molecule is CCNC(=NCC(Cc1ccccc1)N(C)C)NCC(CO)c1ccccc1. The maximum atomic E-state index is 9.77. The number of likely N-dealkylation sites (N-methyl/N-ethyl adjacent to an activating group) is 1. The summed E-state index contributed by atoms with van der Waals surface area (Å²) in [6, 6.07) is 20.9. The van der Waals surface area contributed by atoms with Crippen LogP contribution in [0.25, 0.3) is 0 Å². The molecule has 0 heterocycles. The van der Waals surface area contributed by atoms with Gasteiger partial charge in [-0.05, 0) is 38.6 Å². The zero-order valence-electron chi connectivity index (χ0n) is 17.3. The molecule has 0 bridgehead atoms. The van der Waals surface area contributed by atoms with E-state index >= 15 is 0 Å². The van der Waals surface area contributed by atoms with Gasteiger partial charge in [0, 0.05) is 25.0 Å². The van der Waals surface area contributed by atoms with Crippen molar-refractivity contribution in [3.05, 3.63) is 71.8 Å². The van der Waals surface area contributed by atoms with Crippen molar-refractivity contribution >= 4 is 5.96 Å². The summed E-state index contributed by atoms with van der Waals surface area (Å²) in [4.78, 5) is 7.03. The smallest absolute Gasteiger partial charge is 0.191 e. The molecule has 3 N–H and O–H groups in total. The summed E-state index contributed by atoms with van der Waals surface area (Å²) < 4.78 is 0. The third-order valence-corrected chi connectivity index (χ3v) is 4.86. The van der Waals surface area contributed by atoms with Crippen molar-refractivity contribution in [3.8, 4) is 0 Å². The molecule has 0 aromatic heterocycles. The van der Waals surface area contributed by atoms with Crippen molar-refractivity contribution in [2.24, 2.45) is 4.99 Å². The molecule has 28 heavy (non-hydrogen) atoms. The molecule has 0 aliphatic rings. The summed E-state index contributed by atoms with van der Waals surface area (Å²) >= 11 is 0. The molecular weight excluding hydrogens is 348 g/mol. The Bertz CT molecular complexity index is 688. The van der Waals surface area contributed by atoms with Crippen molar-refractivity contribution in [1.29, 1.82) is 0 Å². The molecule has 2 atom stereocenters. The molecule has 2 unspecified atom stereocenters. The highest BCUT2D eigenvalue weighted by Crippen LogP contribution is 2.13. The van der Waals surface area contributed by atoms with Crippen LogP contribution in [0, 0.1) is 0 Å². The second-order valence-electron chi connectivity index (χ2n) is 7.20. The van der Waals surface area contributed by atoms with Crippen molar-refractivity contribution < 1.29 is 5.11 Å². The number of hydrogen-bond donors (Lipinski definition) is 3. The zero-order valence-corrected chi connectivity index (χ0v) is 17.3. The molecule has 2 aromatic rings. The van der Waals surface area contributed by atoms with Crippen molar-refractivity contribution in [2.45, 2.75) is 25.3 Å². The Labute approximate surface area is 169 Å². The molecule has 0 aliphatic carbocycles. The quantitative estimate of drug-likeness (QED) is 0.436. The van der Waals surface area contributed by atoms with Crippen LogP contribution in [0.2, 0.25) is 0 Å². The highest BCUT2D eigenvalue weighted by molar-refractivity contribution is 5.79. The molecule has 2 aromatic carbocycles. The van der Waals surface area contributed by atoms with Crippen LogP contribution < -0.4 is 10.6 Å². The highest BCUT2D eigenvalue weighted by Gasteiger charge is 2.14. The summed E-state index contributed by atoms with van der Waals surface area (Å²) in [5.74, 6) is 0.829. The van der Waals surface area contributed by atoms with Crippen molar-refractivity contribution in [2.75, 3.05) is 40.3 Å². The Balaban J connectivity index is 1.99. The van der Waals surface area contributed by atoms with Gasteiger partial charge in [0.2, 0.25) is 0 Å². The minimum atomic E-state index is 0.0408. The predicted molar refractivity (Wildman–Crippen MR) is 118 cm³/mol. The van der Waals surface area contributed by atoms with Crippen LogP contribution in [0.1, 0.15) is 24.0 Å². The number of aliphatic hydroxyl groups excluding tert-OH is 1. The van der Waals surface area contributed by atoms with E-state index in [1.54, 1.807) is 0 Å². The van der Waals surface area contributed by atoms with Crippen molar-refractivity contribution in [3.63, 3.8) is 0 Å². The molecule has 5 nitrogen and oxygen atoms in total. The minimum absolute atomic E-state index is 0.0408. The van der Waals surface area contributed by atoms with E-state index in [0.717, 1.165) is 24.5 Å². The van der Waals surface area contributed by atoms with E-state index in [1.165, 1.54) is 5.56 Å². The molecule has 0 amide bonds. The second kappa shape index (κ2) is 12.2. The van der Waals surface area contributed by atoms with Crippen LogP contribution in [0.4, 0.5) is 0 Å². The topological polar surface area (TPSA) is 59.9 Å². The summed E-state index contributed by atoms with van der Waals surface area (Å²) in [6.45, 7) is 4.30. The van der Waals surface area contributed by atoms with Crippen LogP contribution in [-0.4, -0.2) is 62.3 Å². The van der Waals surface area contributed by atoms with Gasteiger partial charge in [-0.1, -0.05) is 60.7 Å². The molecule has 0 radical (unpaired) electrons. The first-order valence-corrected chi connectivity index (χ1v) is 10.0. The van der Waals surface area contributed by atoms with Crippen LogP contribution in [0.3, 0.4) is 0 Å². The fourth-order valence-corrected chi connectivity index (χ4v) is 3.07. The fraction of sp³-hybridized carbons (Fsp3) is 0.435. The molecule has 0 spiro atoms. The van der Waals surface area contributed by atoms with Crippen LogP contribution in [0.5, 0.6) is 0 Å². The van der Waals surface area contributed by atoms with Gasteiger partial charge in [0.25, 0.3) is 0 Å². The number of aliphatic hydroxyl groups is 1. The fourth-order valence-electron chi connectivity index (χ4n) is 3.07. The molecule has 5 heteroatoms. The summed E-state index contributed by atoms with van der Waals surface area (Å²) in [5.41, 5.74) is 2.45. The number of guanidine groups is 1. The highest BCUT2D eigenvalue weighted by atomic mass is 16.3. The molecule has 0 aliphatic heterocycles. The standard InChI is InChI=1S/C23H34N4O/c1-4-24-23(25-16-21(18-28)20-13-9-6-10-14-20)26-17-22(27(2)3)15-19-11-7-5-8-12-19/h5-14,21-22,28H,4,15-18H2,1-3H3,(H2,24,25,26). The van der Waals surface area contributed by atoms with Gasteiger partial charge in [0.1, 0.15) is 0 Å². The Morgan fingerprint density at radius 3 is 2.21 bits per heavy atom. The number of rotatable bonds is 10. The zero-order chi connectivity index (χ0) is 20.2. The van der Waals surface area contributed by atoms with Crippen LogP contribution in [0.15, 0.2) is 65.7 Å². The summed E-state index contributed by atoms with van der Waals surface area (Å²) in [7, 11) is 4.20. The van der Waals surface area contributed by atoms with Gasteiger partial charge in [-0.25, -0.2) is 0 Å². The second-order valence-corrected chi connectivity index (χ2v) is 7.20. The van der Waals surface area contributed by atoms with Gasteiger partial charge in [-0.2, -0.15) is 0 Å². The monoisotopic (exact) mass is 382 g/mol. The largest absolute Gasteiger partial charge is 0.396 e. The average Bonchev–Trinajstić information content (AvgIpc) is 2.72. The summed E-state index contributed by atoms with van der Waals surface area (Å²) in [6.07, 6.45) is 0.958. The van der Waals surface area contributed by atoms with Gasteiger partial charge in [-0.3, -0.25) is 4.99 Å². The van der Waals surface area contributed by atoms with Gasteiger partial charge in [0.05, 0.1) is 13.2 Å². The van der Waals surface area contributed by atoms with E-state index in [-0.39, 0.29) is 12.5 Å². The van der Waals surface area contributed by atoms with Crippen LogP contribution >= 0.6 is 0 Å². The maximum absolute atomic E-state index is 9.77. The van der Waals surface area contributed by atoms with Gasteiger partial charge < -0.3 is 20.6 Å². The predicted octanol–water partition coefficient (Wildman–Crippen LogP) is 2.49. The van der Waals surface area contributed by atoms with E-state index in [9.17, 15) is 5.11 Å².